The van der Waals surface area contributed by atoms with E-state index in [-0.39, 0.29) is 11.3 Å². The highest BCUT2D eigenvalue weighted by Crippen LogP contribution is 2.24. The van der Waals surface area contributed by atoms with E-state index in [0.717, 1.165) is 11.0 Å². The summed E-state index contributed by atoms with van der Waals surface area (Å²) >= 11 is 0. The van der Waals surface area contributed by atoms with Crippen molar-refractivity contribution in [1.29, 1.82) is 0 Å². The number of hydrogen-bond donors (Lipinski definition) is 2. The zero-order valence-electron chi connectivity index (χ0n) is 9.82. The average Bonchev–Trinajstić information content (AvgIpc) is 2.82. The second-order valence-corrected chi connectivity index (χ2v) is 4.03. The van der Waals surface area contributed by atoms with Crippen molar-refractivity contribution >= 4 is 22.7 Å². The van der Waals surface area contributed by atoms with Crippen LogP contribution in [0.15, 0.2) is 42.5 Å². The van der Waals surface area contributed by atoms with Gasteiger partial charge >= 0.3 is 5.97 Å². The highest BCUT2D eigenvalue weighted by atomic mass is 16.4. The summed E-state index contributed by atoms with van der Waals surface area (Å²) in [5.74, 6) is -1.07. The molecule has 3 rings (SSSR count). The summed E-state index contributed by atoms with van der Waals surface area (Å²) in [6.07, 6.45) is 0. The van der Waals surface area contributed by atoms with Gasteiger partial charge in [0.2, 0.25) is 0 Å². The quantitative estimate of drug-likeness (QED) is 0.679. The summed E-state index contributed by atoms with van der Waals surface area (Å²) in [7, 11) is 0. The van der Waals surface area contributed by atoms with Gasteiger partial charge in [-0.25, -0.2) is 9.48 Å². The summed E-state index contributed by atoms with van der Waals surface area (Å²) in [5.41, 5.74) is 8.13. The van der Waals surface area contributed by atoms with Crippen LogP contribution in [0.3, 0.4) is 0 Å². The molecule has 19 heavy (non-hydrogen) atoms. The maximum absolute atomic E-state index is 11.1. The first kappa shape index (κ1) is 11.2. The first-order valence-corrected chi connectivity index (χ1v) is 5.61. The monoisotopic (exact) mass is 254 g/mol. The van der Waals surface area contributed by atoms with E-state index < -0.39 is 5.97 Å². The minimum absolute atomic E-state index is 0.0529. The third kappa shape index (κ3) is 1.70. The van der Waals surface area contributed by atoms with Crippen LogP contribution in [0.2, 0.25) is 0 Å². The Bertz CT molecular complexity index is 779. The molecule has 3 N–H and O–H groups in total. The highest BCUT2D eigenvalue weighted by molar-refractivity contribution is 5.96. The molecule has 0 spiro atoms. The molecule has 0 radical (unpaired) electrons. The Labute approximate surface area is 108 Å². The number of benzene rings is 2. The molecule has 0 aliphatic heterocycles. The molecule has 94 valence electrons. The Morgan fingerprint density at radius 1 is 1.16 bits per heavy atom. The molecule has 0 unspecified atom stereocenters. The third-order valence-electron chi connectivity index (χ3n) is 2.89. The predicted octanol–water partition coefficient (Wildman–Crippen LogP) is 1.70. The molecule has 0 aliphatic rings. The summed E-state index contributed by atoms with van der Waals surface area (Å²) in [6, 6.07) is 12.2. The lowest BCUT2D eigenvalue weighted by Crippen LogP contribution is -2.08. The number of hydrogen-bond acceptors (Lipinski definition) is 4. The summed E-state index contributed by atoms with van der Waals surface area (Å²) in [4.78, 5) is 11.1. The minimum atomic E-state index is -1.07. The molecular formula is C13H10N4O2. The highest BCUT2D eigenvalue weighted by Gasteiger charge is 2.14. The Balaban J connectivity index is 2.28. The molecule has 2 aromatic carbocycles. The molecule has 1 aromatic heterocycles. The fourth-order valence-corrected chi connectivity index (χ4v) is 1.97. The summed E-state index contributed by atoms with van der Waals surface area (Å²) in [6.45, 7) is 0. The van der Waals surface area contributed by atoms with Crippen LogP contribution in [0, 0.1) is 0 Å². The van der Waals surface area contributed by atoms with Crippen LogP contribution in [0.5, 0.6) is 0 Å². The molecule has 0 aliphatic carbocycles. The number of fused-ring (bicyclic) bond motifs is 1. The molecule has 0 amide bonds. The predicted molar refractivity (Wildman–Crippen MR) is 70.2 cm³/mol. The standard InChI is InChI=1S/C13H10N4O2/c14-12-8(13(18)19)4-3-7-11(12)17-10-6-2-1-5-9(10)15-16-17/h1-7H,14H2,(H,18,19). The van der Waals surface area contributed by atoms with Gasteiger partial charge in [-0.2, -0.15) is 0 Å². The van der Waals surface area contributed by atoms with Crippen LogP contribution in [-0.2, 0) is 0 Å². The van der Waals surface area contributed by atoms with Gasteiger partial charge in [0.15, 0.2) is 0 Å². The van der Waals surface area contributed by atoms with Crippen molar-refractivity contribution in [1.82, 2.24) is 15.0 Å². The number of nitrogens with zero attached hydrogens (tertiary/aromatic N) is 3. The Kier molecular flexibility index (Phi) is 2.42. The zero-order valence-corrected chi connectivity index (χ0v) is 9.82. The molecule has 3 aromatic rings. The van der Waals surface area contributed by atoms with Crippen LogP contribution < -0.4 is 5.73 Å². The van der Waals surface area contributed by atoms with Gasteiger partial charge in [0.05, 0.1) is 22.5 Å². The zero-order chi connectivity index (χ0) is 13.4. The number of carbonyl (C=O) groups is 1. The van der Waals surface area contributed by atoms with E-state index in [1.54, 1.807) is 12.1 Å². The van der Waals surface area contributed by atoms with Crippen molar-refractivity contribution in [3.63, 3.8) is 0 Å². The van der Waals surface area contributed by atoms with Crippen LogP contribution in [-0.4, -0.2) is 26.1 Å². The van der Waals surface area contributed by atoms with E-state index in [1.165, 1.54) is 10.7 Å². The molecule has 1 heterocycles. The largest absolute Gasteiger partial charge is 0.478 e. The van der Waals surface area contributed by atoms with Gasteiger partial charge in [-0.15, -0.1) is 5.10 Å². The maximum atomic E-state index is 11.1. The van der Waals surface area contributed by atoms with Crippen molar-refractivity contribution in [2.75, 3.05) is 5.73 Å². The second-order valence-electron chi connectivity index (χ2n) is 4.03. The van der Waals surface area contributed by atoms with Crippen molar-refractivity contribution in [2.24, 2.45) is 0 Å². The number of nitrogen functional groups attached to an aromatic ring is 1. The van der Waals surface area contributed by atoms with Gasteiger partial charge in [-0.05, 0) is 24.3 Å². The van der Waals surface area contributed by atoms with Crippen molar-refractivity contribution in [2.45, 2.75) is 0 Å². The SMILES string of the molecule is Nc1c(C(=O)O)cccc1-n1nnc2ccccc21. The van der Waals surface area contributed by atoms with Crippen LogP contribution in [0.25, 0.3) is 16.7 Å². The fraction of sp³-hybridized carbons (Fsp3) is 0. The topological polar surface area (TPSA) is 94.0 Å². The van der Waals surface area contributed by atoms with Crippen molar-refractivity contribution in [3.8, 4) is 5.69 Å². The van der Waals surface area contributed by atoms with Gasteiger partial charge in [0.1, 0.15) is 5.52 Å². The van der Waals surface area contributed by atoms with Crippen LogP contribution in [0.1, 0.15) is 10.4 Å². The molecule has 0 fully saturated rings. The molecular weight excluding hydrogens is 244 g/mol. The Morgan fingerprint density at radius 2 is 1.95 bits per heavy atom. The fourth-order valence-electron chi connectivity index (χ4n) is 1.97. The summed E-state index contributed by atoms with van der Waals surface area (Å²) < 4.78 is 1.54. The number of rotatable bonds is 2. The Morgan fingerprint density at radius 3 is 2.74 bits per heavy atom. The van der Waals surface area contributed by atoms with Crippen molar-refractivity contribution in [3.05, 3.63) is 48.0 Å². The van der Waals surface area contributed by atoms with Gasteiger partial charge in [0.25, 0.3) is 0 Å². The van der Waals surface area contributed by atoms with E-state index in [0.29, 0.717) is 5.69 Å². The first-order chi connectivity index (χ1) is 9.18. The second kappa shape index (κ2) is 4.09. The van der Waals surface area contributed by atoms with E-state index in [1.807, 2.05) is 24.3 Å². The van der Waals surface area contributed by atoms with E-state index in [2.05, 4.69) is 10.3 Å². The van der Waals surface area contributed by atoms with Gasteiger partial charge < -0.3 is 10.8 Å². The molecule has 0 atom stereocenters. The van der Waals surface area contributed by atoms with E-state index >= 15 is 0 Å². The molecule has 6 heteroatoms. The number of carboxylic acid groups (broad SMARTS) is 1. The molecule has 6 nitrogen and oxygen atoms in total. The third-order valence-corrected chi connectivity index (χ3v) is 2.89. The number of anilines is 1. The van der Waals surface area contributed by atoms with Gasteiger partial charge in [0, 0.05) is 0 Å². The summed E-state index contributed by atoms with van der Waals surface area (Å²) in [5, 5.41) is 17.1. The first-order valence-electron chi connectivity index (χ1n) is 5.61. The van der Waals surface area contributed by atoms with Gasteiger partial charge in [-0.3, -0.25) is 0 Å². The number of aromatic nitrogens is 3. The lowest BCUT2D eigenvalue weighted by atomic mass is 10.1. The van der Waals surface area contributed by atoms with E-state index in [4.69, 9.17) is 10.8 Å². The van der Waals surface area contributed by atoms with Crippen LogP contribution >= 0.6 is 0 Å². The molecule has 0 saturated carbocycles. The normalized spacial score (nSPS) is 10.7. The molecule has 0 saturated heterocycles. The van der Waals surface area contributed by atoms with E-state index in [9.17, 15) is 4.79 Å². The number of carboxylic acids is 1. The average molecular weight is 254 g/mol. The minimum Gasteiger partial charge on any atom is -0.478 e. The van der Waals surface area contributed by atoms with Gasteiger partial charge in [-0.1, -0.05) is 23.4 Å². The number of para-hydroxylation sites is 2. The van der Waals surface area contributed by atoms with Crippen molar-refractivity contribution < 1.29 is 9.90 Å². The number of nitrogens with two attached hydrogens (primary N) is 1. The molecule has 0 bridgehead atoms. The maximum Gasteiger partial charge on any atom is 0.337 e. The lowest BCUT2D eigenvalue weighted by molar-refractivity contribution is 0.0698. The lowest BCUT2D eigenvalue weighted by Gasteiger charge is -2.08. The Hall–Kier alpha value is -2.89. The van der Waals surface area contributed by atoms with Crippen LogP contribution in [0.4, 0.5) is 5.69 Å². The smallest absolute Gasteiger partial charge is 0.337 e. The number of aromatic carboxylic acids is 1.